The van der Waals surface area contributed by atoms with Gasteiger partial charge in [-0.3, -0.25) is 14.7 Å². The van der Waals surface area contributed by atoms with Gasteiger partial charge in [0.25, 0.3) is 11.1 Å². The minimum Gasteiger partial charge on any atom is -0.267 e. The fourth-order valence-corrected chi connectivity index (χ4v) is 3.10. The van der Waals surface area contributed by atoms with Crippen LogP contribution < -0.4 is 11.1 Å². The highest BCUT2D eigenvalue weighted by Gasteiger charge is 2.10. The molecule has 4 rings (SSSR count). The van der Waals surface area contributed by atoms with Crippen LogP contribution in [0.2, 0.25) is 0 Å². The minimum absolute atomic E-state index is 0.253. The normalized spacial score (nSPS) is 10.9. The maximum Gasteiger partial charge on any atom is 0.277 e. The second-order valence-electron chi connectivity index (χ2n) is 5.68. The van der Waals surface area contributed by atoms with Crippen molar-refractivity contribution >= 4 is 26.7 Å². The van der Waals surface area contributed by atoms with Gasteiger partial charge in [-0.15, -0.1) is 0 Å². The fourth-order valence-electron chi connectivity index (χ4n) is 2.83. The number of halogens is 1. The highest BCUT2D eigenvalue weighted by Crippen LogP contribution is 2.21. The summed E-state index contributed by atoms with van der Waals surface area (Å²) in [5.41, 5.74) is 1.96. The molecule has 5 heteroatoms. The number of rotatable bonds is 2. The van der Waals surface area contributed by atoms with Crippen LogP contribution in [0.25, 0.3) is 27.6 Å². The lowest BCUT2D eigenvalue weighted by Crippen LogP contribution is -2.28. The standard InChI is InChI=1S/C20H13BrN2O2/c21-15-7-9-16(10-8-15)23-20(25)17-11-6-14(12-18(17)19(24)22-23)13-4-2-1-3-5-13/h1-12H,(H,22,24). The van der Waals surface area contributed by atoms with E-state index in [4.69, 9.17) is 0 Å². The predicted octanol–water partition coefficient (Wildman–Crippen LogP) is 4.11. The lowest BCUT2D eigenvalue weighted by atomic mass is 10.0. The lowest BCUT2D eigenvalue weighted by molar-refractivity contribution is 0.801. The summed E-state index contributed by atoms with van der Waals surface area (Å²) in [6.45, 7) is 0. The van der Waals surface area contributed by atoms with E-state index >= 15 is 0 Å². The third-order valence-corrected chi connectivity index (χ3v) is 4.63. The SMILES string of the molecule is O=c1[nH]n(-c2ccc(Br)cc2)c(=O)c2ccc(-c3ccccc3)cc12. The van der Waals surface area contributed by atoms with Gasteiger partial charge in [-0.25, -0.2) is 4.68 Å². The number of fused-ring (bicyclic) bond motifs is 1. The number of nitrogens with zero attached hydrogens (tertiary/aromatic N) is 1. The summed E-state index contributed by atoms with van der Waals surface area (Å²) in [6, 6.07) is 22.3. The van der Waals surface area contributed by atoms with Crippen LogP contribution in [0.3, 0.4) is 0 Å². The van der Waals surface area contributed by atoms with Crippen molar-refractivity contribution in [3.63, 3.8) is 0 Å². The molecule has 0 bridgehead atoms. The summed E-state index contributed by atoms with van der Waals surface area (Å²) in [7, 11) is 0. The zero-order valence-electron chi connectivity index (χ0n) is 13.1. The number of hydrogen-bond acceptors (Lipinski definition) is 2. The van der Waals surface area contributed by atoms with Crippen molar-refractivity contribution in [1.82, 2.24) is 9.78 Å². The number of benzene rings is 3. The molecule has 1 N–H and O–H groups in total. The molecule has 4 nitrogen and oxygen atoms in total. The molecule has 0 amide bonds. The summed E-state index contributed by atoms with van der Waals surface area (Å²) in [6.07, 6.45) is 0. The average molecular weight is 393 g/mol. The van der Waals surface area contributed by atoms with Crippen LogP contribution in [-0.2, 0) is 0 Å². The Morgan fingerprint density at radius 1 is 0.760 bits per heavy atom. The Bertz CT molecular complexity index is 1180. The third-order valence-electron chi connectivity index (χ3n) is 4.10. The van der Waals surface area contributed by atoms with E-state index in [1.807, 2.05) is 48.5 Å². The molecule has 0 radical (unpaired) electrons. The van der Waals surface area contributed by atoms with E-state index < -0.39 is 0 Å². The summed E-state index contributed by atoms with van der Waals surface area (Å²) in [5, 5.41) is 3.45. The minimum atomic E-state index is -0.296. The van der Waals surface area contributed by atoms with Gasteiger partial charge in [0.15, 0.2) is 0 Å². The molecular formula is C20H13BrN2O2. The van der Waals surface area contributed by atoms with E-state index in [1.54, 1.807) is 24.3 Å². The number of hydrogen-bond donors (Lipinski definition) is 1. The van der Waals surface area contributed by atoms with Crippen molar-refractivity contribution in [1.29, 1.82) is 0 Å². The van der Waals surface area contributed by atoms with Gasteiger partial charge in [-0.05, 0) is 47.5 Å². The van der Waals surface area contributed by atoms with Crippen molar-refractivity contribution in [2.75, 3.05) is 0 Å². The Kier molecular flexibility index (Phi) is 3.86. The van der Waals surface area contributed by atoms with Crippen LogP contribution in [-0.4, -0.2) is 9.78 Å². The van der Waals surface area contributed by atoms with Crippen molar-refractivity contribution < 1.29 is 0 Å². The molecule has 0 atom stereocenters. The van der Waals surface area contributed by atoms with E-state index in [-0.39, 0.29) is 11.1 Å². The van der Waals surface area contributed by atoms with E-state index in [9.17, 15) is 9.59 Å². The molecule has 1 heterocycles. The fraction of sp³-hybridized carbons (Fsp3) is 0. The second kappa shape index (κ2) is 6.18. The first-order chi connectivity index (χ1) is 12.1. The topological polar surface area (TPSA) is 54.9 Å². The summed E-state index contributed by atoms with van der Waals surface area (Å²) < 4.78 is 2.18. The van der Waals surface area contributed by atoms with E-state index in [0.29, 0.717) is 16.5 Å². The van der Waals surface area contributed by atoms with E-state index in [0.717, 1.165) is 15.6 Å². The quantitative estimate of drug-likeness (QED) is 0.557. The molecule has 0 saturated carbocycles. The number of aromatic amines is 1. The number of aromatic nitrogens is 2. The Morgan fingerprint density at radius 3 is 2.20 bits per heavy atom. The first-order valence-electron chi connectivity index (χ1n) is 7.74. The number of H-pyrrole nitrogens is 1. The molecule has 0 aliphatic heterocycles. The maximum absolute atomic E-state index is 12.8. The Balaban J connectivity index is 1.94. The Hall–Kier alpha value is -2.92. The molecule has 0 saturated heterocycles. The molecule has 0 fully saturated rings. The van der Waals surface area contributed by atoms with Gasteiger partial charge in [-0.2, -0.15) is 0 Å². The Morgan fingerprint density at radius 2 is 1.48 bits per heavy atom. The largest absolute Gasteiger partial charge is 0.277 e. The van der Waals surface area contributed by atoms with Crippen LogP contribution in [0.1, 0.15) is 0 Å². The van der Waals surface area contributed by atoms with E-state index in [2.05, 4.69) is 21.0 Å². The van der Waals surface area contributed by atoms with Gasteiger partial charge >= 0.3 is 0 Å². The summed E-state index contributed by atoms with van der Waals surface area (Å²) in [4.78, 5) is 25.3. The predicted molar refractivity (Wildman–Crippen MR) is 103 cm³/mol. The van der Waals surface area contributed by atoms with E-state index in [1.165, 1.54) is 4.68 Å². The molecule has 3 aromatic carbocycles. The molecule has 0 spiro atoms. The maximum atomic E-state index is 12.8. The molecule has 25 heavy (non-hydrogen) atoms. The number of nitrogens with one attached hydrogen (secondary N) is 1. The van der Waals surface area contributed by atoms with Gasteiger partial charge in [0.2, 0.25) is 0 Å². The average Bonchev–Trinajstić information content (AvgIpc) is 2.66. The smallest absolute Gasteiger partial charge is 0.267 e. The van der Waals surface area contributed by atoms with Crippen molar-refractivity contribution in [2.24, 2.45) is 0 Å². The summed E-state index contributed by atoms with van der Waals surface area (Å²) >= 11 is 3.36. The highest BCUT2D eigenvalue weighted by atomic mass is 79.9. The zero-order valence-corrected chi connectivity index (χ0v) is 14.7. The second-order valence-corrected chi connectivity index (χ2v) is 6.60. The van der Waals surface area contributed by atoms with Gasteiger partial charge < -0.3 is 0 Å². The van der Waals surface area contributed by atoms with Crippen LogP contribution in [0.4, 0.5) is 0 Å². The highest BCUT2D eigenvalue weighted by molar-refractivity contribution is 9.10. The molecule has 0 aliphatic carbocycles. The first-order valence-corrected chi connectivity index (χ1v) is 8.53. The van der Waals surface area contributed by atoms with Gasteiger partial charge in [0, 0.05) is 4.47 Å². The molecule has 122 valence electrons. The lowest BCUT2D eigenvalue weighted by Gasteiger charge is -2.08. The molecule has 4 aromatic rings. The van der Waals surface area contributed by atoms with Gasteiger partial charge in [0.1, 0.15) is 0 Å². The molecule has 0 aliphatic rings. The van der Waals surface area contributed by atoms with Crippen LogP contribution >= 0.6 is 15.9 Å². The van der Waals surface area contributed by atoms with Gasteiger partial charge in [-0.1, -0.05) is 52.3 Å². The zero-order chi connectivity index (χ0) is 17.4. The van der Waals surface area contributed by atoms with Crippen molar-refractivity contribution in [3.05, 3.63) is 98.0 Å². The monoisotopic (exact) mass is 392 g/mol. The molecule has 1 aromatic heterocycles. The van der Waals surface area contributed by atoms with Crippen molar-refractivity contribution in [2.45, 2.75) is 0 Å². The van der Waals surface area contributed by atoms with Crippen LogP contribution in [0.5, 0.6) is 0 Å². The molecular weight excluding hydrogens is 380 g/mol. The van der Waals surface area contributed by atoms with Crippen molar-refractivity contribution in [3.8, 4) is 16.8 Å². The first kappa shape index (κ1) is 15.6. The van der Waals surface area contributed by atoms with Crippen LogP contribution in [0.15, 0.2) is 86.9 Å². The summed E-state index contributed by atoms with van der Waals surface area (Å²) in [5.74, 6) is 0. The molecule has 0 unspecified atom stereocenters. The van der Waals surface area contributed by atoms with Crippen LogP contribution in [0, 0.1) is 0 Å². The third kappa shape index (κ3) is 2.83. The Labute approximate surface area is 151 Å². The van der Waals surface area contributed by atoms with Gasteiger partial charge in [0.05, 0.1) is 16.5 Å².